The van der Waals surface area contributed by atoms with E-state index in [0.29, 0.717) is 11.7 Å². The van der Waals surface area contributed by atoms with Crippen molar-refractivity contribution in [3.63, 3.8) is 0 Å². The van der Waals surface area contributed by atoms with E-state index in [1.54, 1.807) is 10.9 Å². The molecule has 3 rings (SSSR count). The number of nitrogens with one attached hydrogen (secondary N) is 1. The number of carbonyl (C=O) groups excluding carboxylic acids is 1. The van der Waals surface area contributed by atoms with Crippen molar-refractivity contribution in [3.05, 3.63) is 24.4 Å². The molecule has 5 nitrogen and oxygen atoms in total. The second kappa shape index (κ2) is 5.15. The van der Waals surface area contributed by atoms with Crippen molar-refractivity contribution in [2.75, 3.05) is 5.73 Å². The Morgan fingerprint density at radius 3 is 2.95 bits per heavy atom. The van der Waals surface area contributed by atoms with Crippen LogP contribution in [0.4, 0.5) is 5.69 Å². The molecule has 5 heteroatoms. The highest BCUT2D eigenvalue weighted by atomic mass is 16.2. The Balaban J connectivity index is 1.82. The maximum Gasteiger partial charge on any atom is 0.244 e. The number of benzene rings is 1. The standard InChI is InChI=1S/C15H20N4O/c1-10(15(20)18-13-4-2-3-5-13)19-14-8-12(16)7-6-11(14)9-17-19/h6-10,13H,2-5,16H2,1H3,(H,18,20). The van der Waals surface area contributed by atoms with Crippen LogP contribution in [0.2, 0.25) is 0 Å². The average Bonchev–Trinajstić information content (AvgIpc) is 3.06. The zero-order valence-corrected chi connectivity index (χ0v) is 11.7. The van der Waals surface area contributed by atoms with Gasteiger partial charge >= 0.3 is 0 Å². The minimum atomic E-state index is -0.324. The van der Waals surface area contributed by atoms with Crippen LogP contribution in [0, 0.1) is 0 Å². The Bertz CT molecular complexity index is 628. The van der Waals surface area contributed by atoms with Gasteiger partial charge in [-0.15, -0.1) is 0 Å². The molecule has 0 bridgehead atoms. The first-order chi connectivity index (χ1) is 9.65. The summed E-state index contributed by atoms with van der Waals surface area (Å²) >= 11 is 0. The number of nitrogens with zero attached hydrogens (tertiary/aromatic N) is 2. The van der Waals surface area contributed by atoms with Crippen molar-refractivity contribution < 1.29 is 4.79 Å². The minimum absolute atomic E-state index is 0.0318. The average molecular weight is 272 g/mol. The molecule has 1 heterocycles. The van der Waals surface area contributed by atoms with Crippen molar-refractivity contribution in [1.29, 1.82) is 0 Å². The van der Waals surface area contributed by atoms with Crippen LogP contribution < -0.4 is 11.1 Å². The quantitative estimate of drug-likeness (QED) is 0.842. The normalized spacial score (nSPS) is 17.4. The van der Waals surface area contributed by atoms with Gasteiger partial charge in [0, 0.05) is 17.1 Å². The summed E-state index contributed by atoms with van der Waals surface area (Å²) < 4.78 is 1.75. The van der Waals surface area contributed by atoms with Gasteiger partial charge < -0.3 is 11.1 Å². The van der Waals surface area contributed by atoms with E-state index in [-0.39, 0.29) is 11.9 Å². The van der Waals surface area contributed by atoms with Crippen LogP contribution in [0.5, 0.6) is 0 Å². The van der Waals surface area contributed by atoms with Gasteiger partial charge in [-0.3, -0.25) is 9.48 Å². The molecule has 20 heavy (non-hydrogen) atoms. The van der Waals surface area contributed by atoms with Gasteiger partial charge in [-0.2, -0.15) is 5.10 Å². The fourth-order valence-corrected chi connectivity index (χ4v) is 2.87. The molecule has 0 aliphatic heterocycles. The zero-order valence-electron chi connectivity index (χ0n) is 11.7. The molecule has 1 saturated carbocycles. The molecule has 0 saturated heterocycles. The van der Waals surface area contributed by atoms with Gasteiger partial charge in [-0.1, -0.05) is 12.8 Å². The Labute approximate surface area is 118 Å². The molecule has 1 fully saturated rings. The molecule has 106 valence electrons. The second-order valence-corrected chi connectivity index (χ2v) is 5.57. The summed E-state index contributed by atoms with van der Waals surface area (Å²) in [5.41, 5.74) is 7.40. The van der Waals surface area contributed by atoms with E-state index in [0.717, 1.165) is 23.7 Å². The number of nitrogen functional groups attached to an aromatic ring is 1. The summed E-state index contributed by atoms with van der Waals surface area (Å²) in [6.07, 6.45) is 6.37. The maximum absolute atomic E-state index is 12.3. The number of hydrogen-bond acceptors (Lipinski definition) is 3. The molecule has 1 amide bonds. The third-order valence-corrected chi connectivity index (χ3v) is 4.07. The number of fused-ring (bicyclic) bond motifs is 1. The third-order valence-electron chi connectivity index (χ3n) is 4.07. The van der Waals surface area contributed by atoms with E-state index in [1.165, 1.54) is 12.8 Å². The monoisotopic (exact) mass is 272 g/mol. The van der Waals surface area contributed by atoms with E-state index < -0.39 is 0 Å². The van der Waals surface area contributed by atoms with Crippen LogP contribution in [-0.4, -0.2) is 21.7 Å². The zero-order chi connectivity index (χ0) is 14.1. The fraction of sp³-hybridized carbons (Fsp3) is 0.467. The predicted molar refractivity (Wildman–Crippen MR) is 79.3 cm³/mol. The molecule has 1 aromatic carbocycles. The predicted octanol–water partition coefficient (Wildman–Crippen LogP) is 2.24. The lowest BCUT2D eigenvalue weighted by Gasteiger charge is -2.17. The smallest absolute Gasteiger partial charge is 0.244 e. The molecule has 1 unspecified atom stereocenters. The Kier molecular flexibility index (Phi) is 3.34. The molecule has 0 radical (unpaired) electrons. The number of rotatable bonds is 3. The molecule has 0 spiro atoms. The van der Waals surface area contributed by atoms with Crippen LogP contribution in [0.15, 0.2) is 24.4 Å². The summed E-state index contributed by atoms with van der Waals surface area (Å²) in [4.78, 5) is 12.3. The second-order valence-electron chi connectivity index (χ2n) is 5.57. The van der Waals surface area contributed by atoms with Gasteiger partial charge in [-0.25, -0.2) is 0 Å². The van der Waals surface area contributed by atoms with Crippen LogP contribution in [0.1, 0.15) is 38.6 Å². The van der Waals surface area contributed by atoms with Crippen molar-refractivity contribution in [2.24, 2.45) is 0 Å². The van der Waals surface area contributed by atoms with Gasteiger partial charge in [0.05, 0.1) is 11.7 Å². The number of amides is 1. The molecule has 1 atom stereocenters. The van der Waals surface area contributed by atoms with Crippen molar-refractivity contribution in [2.45, 2.75) is 44.7 Å². The molecular weight excluding hydrogens is 252 g/mol. The Hall–Kier alpha value is -2.04. The largest absolute Gasteiger partial charge is 0.399 e. The van der Waals surface area contributed by atoms with Crippen LogP contribution >= 0.6 is 0 Å². The Morgan fingerprint density at radius 2 is 2.20 bits per heavy atom. The first-order valence-electron chi connectivity index (χ1n) is 7.18. The maximum atomic E-state index is 12.3. The third kappa shape index (κ3) is 2.35. The van der Waals surface area contributed by atoms with Gasteiger partial charge in [0.15, 0.2) is 0 Å². The first-order valence-corrected chi connectivity index (χ1v) is 7.18. The summed E-state index contributed by atoms with van der Waals surface area (Å²) in [5.74, 6) is 0.0318. The topological polar surface area (TPSA) is 72.9 Å². The number of carbonyl (C=O) groups is 1. The number of aromatic nitrogens is 2. The summed E-state index contributed by atoms with van der Waals surface area (Å²) in [6.45, 7) is 1.87. The molecule has 1 aromatic heterocycles. The van der Waals surface area contributed by atoms with Gasteiger partial charge in [0.1, 0.15) is 6.04 Å². The number of hydrogen-bond donors (Lipinski definition) is 2. The minimum Gasteiger partial charge on any atom is -0.399 e. The number of nitrogens with two attached hydrogens (primary N) is 1. The molecule has 2 aromatic rings. The van der Waals surface area contributed by atoms with E-state index in [1.807, 2.05) is 25.1 Å². The van der Waals surface area contributed by atoms with E-state index in [9.17, 15) is 4.79 Å². The summed E-state index contributed by atoms with van der Waals surface area (Å²) in [7, 11) is 0. The van der Waals surface area contributed by atoms with Crippen LogP contribution in [0.25, 0.3) is 10.9 Å². The van der Waals surface area contributed by atoms with Crippen molar-refractivity contribution >= 4 is 22.5 Å². The highest BCUT2D eigenvalue weighted by Gasteiger charge is 2.22. The van der Waals surface area contributed by atoms with Crippen LogP contribution in [0.3, 0.4) is 0 Å². The highest BCUT2D eigenvalue weighted by Crippen LogP contribution is 2.22. The lowest BCUT2D eigenvalue weighted by molar-refractivity contribution is -0.124. The lowest BCUT2D eigenvalue weighted by atomic mass is 10.2. The highest BCUT2D eigenvalue weighted by molar-refractivity contribution is 5.86. The lowest BCUT2D eigenvalue weighted by Crippen LogP contribution is -2.37. The van der Waals surface area contributed by atoms with E-state index in [2.05, 4.69) is 10.4 Å². The molecule has 1 aliphatic rings. The van der Waals surface area contributed by atoms with E-state index >= 15 is 0 Å². The fourth-order valence-electron chi connectivity index (χ4n) is 2.87. The van der Waals surface area contributed by atoms with E-state index in [4.69, 9.17) is 5.73 Å². The summed E-state index contributed by atoms with van der Waals surface area (Å²) in [5, 5.41) is 8.45. The van der Waals surface area contributed by atoms with Crippen molar-refractivity contribution in [1.82, 2.24) is 15.1 Å². The van der Waals surface area contributed by atoms with Crippen LogP contribution in [-0.2, 0) is 4.79 Å². The van der Waals surface area contributed by atoms with Gasteiger partial charge in [0.2, 0.25) is 5.91 Å². The van der Waals surface area contributed by atoms with Gasteiger partial charge in [0.25, 0.3) is 0 Å². The Morgan fingerprint density at radius 1 is 1.45 bits per heavy atom. The molecule has 3 N–H and O–H groups in total. The van der Waals surface area contributed by atoms with Gasteiger partial charge in [-0.05, 0) is 38.0 Å². The van der Waals surface area contributed by atoms with Crippen molar-refractivity contribution in [3.8, 4) is 0 Å². The first kappa shape index (κ1) is 13.0. The number of anilines is 1. The molecule has 1 aliphatic carbocycles. The SMILES string of the molecule is CC(C(=O)NC1CCCC1)n1ncc2ccc(N)cc21. The summed E-state index contributed by atoms with van der Waals surface area (Å²) in [6, 6.07) is 5.64. The molecular formula is C15H20N4O.